The van der Waals surface area contributed by atoms with Crippen molar-refractivity contribution in [3.8, 4) is 0 Å². The first kappa shape index (κ1) is 17.5. The second-order valence-corrected chi connectivity index (χ2v) is 9.12. The third kappa shape index (κ3) is 4.58. The Morgan fingerprint density at radius 3 is 2.48 bits per heavy atom. The largest absolute Gasteiger partial charge is 0.243 e. The molecule has 21 heavy (non-hydrogen) atoms. The molecule has 1 saturated carbocycles. The van der Waals surface area contributed by atoms with Crippen LogP contribution in [-0.2, 0) is 10.0 Å². The minimum absolute atomic E-state index is 0.0436. The van der Waals surface area contributed by atoms with E-state index in [0.29, 0.717) is 22.9 Å². The summed E-state index contributed by atoms with van der Waals surface area (Å²) in [6.07, 6.45) is 4.51. The molecule has 0 spiro atoms. The van der Waals surface area contributed by atoms with Gasteiger partial charge in [0.2, 0.25) is 10.0 Å². The van der Waals surface area contributed by atoms with Gasteiger partial charge in [-0.2, -0.15) is 0 Å². The van der Waals surface area contributed by atoms with Gasteiger partial charge in [-0.15, -0.1) is 0 Å². The number of halogens is 3. The van der Waals surface area contributed by atoms with Gasteiger partial charge in [0.15, 0.2) is 0 Å². The van der Waals surface area contributed by atoms with Crippen LogP contribution < -0.4 is 4.72 Å². The topological polar surface area (TPSA) is 46.2 Å². The fraction of sp³-hybridized carbons (Fsp3) is 0.571. The van der Waals surface area contributed by atoms with Crippen LogP contribution in [0.4, 0.5) is 0 Å². The van der Waals surface area contributed by atoms with Crippen LogP contribution in [-0.4, -0.2) is 15.0 Å². The Morgan fingerprint density at radius 2 is 1.90 bits per heavy atom. The molecule has 0 heterocycles. The van der Waals surface area contributed by atoms with E-state index in [-0.39, 0.29) is 14.9 Å². The molecule has 1 N–H and O–H groups in total. The highest BCUT2D eigenvalue weighted by atomic mass is 79.9. The van der Waals surface area contributed by atoms with Crippen LogP contribution >= 0.6 is 39.1 Å². The predicted molar refractivity (Wildman–Crippen MR) is 90.5 cm³/mol. The summed E-state index contributed by atoms with van der Waals surface area (Å²) >= 11 is 15.3. The normalized spacial score (nSPS) is 23.2. The molecule has 118 valence electrons. The fourth-order valence-electron chi connectivity index (χ4n) is 2.83. The van der Waals surface area contributed by atoms with E-state index in [9.17, 15) is 8.42 Å². The number of hydrogen-bond donors (Lipinski definition) is 1. The van der Waals surface area contributed by atoms with Gasteiger partial charge in [-0.05, 0) is 36.8 Å². The smallest absolute Gasteiger partial charge is 0.211 e. The minimum Gasteiger partial charge on any atom is -0.211 e. The summed E-state index contributed by atoms with van der Waals surface area (Å²) in [6, 6.07) is 3.06. The summed E-state index contributed by atoms with van der Waals surface area (Å²) in [4.78, 5) is -0.0436. The SMILES string of the molecule is CC1CCCC(CNS(=O)(=O)c2c(Cl)cc(Br)cc2Cl)C1. The molecule has 1 fully saturated rings. The number of rotatable bonds is 4. The molecule has 2 unspecified atom stereocenters. The van der Waals surface area contributed by atoms with Crippen molar-refractivity contribution in [1.29, 1.82) is 0 Å². The van der Waals surface area contributed by atoms with Gasteiger partial charge in [0, 0.05) is 11.0 Å². The highest BCUT2D eigenvalue weighted by molar-refractivity contribution is 9.10. The monoisotopic (exact) mass is 413 g/mol. The summed E-state index contributed by atoms with van der Waals surface area (Å²) in [5.41, 5.74) is 0. The van der Waals surface area contributed by atoms with E-state index in [4.69, 9.17) is 23.2 Å². The third-order valence-corrected chi connectivity index (χ3v) is 6.64. The summed E-state index contributed by atoms with van der Waals surface area (Å²) in [7, 11) is -3.69. The molecule has 0 saturated heterocycles. The lowest BCUT2D eigenvalue weighted by molar-refractivity contribution is 0.283. The van der Waals surface area contributed by atoms with Gasteiger partial charge < -0.3 is 0 Å². The van der Waals surface area contributed by atoms with E-state index in [2.05, 4.69) is 27.6 Å². The Balaban J connectivity index is 2.12. The van der Waals surface area contributed by atoms with Crippen LogP contribution in [0.3, 0.4) is 0 Å². The first-order chi connectivity index (χ1) is 9.79. The first-order valence-corrected chi connectivity index (χ1v) is 9.97. The fourth-order valence-corrected chi connectivity index (χ4v) is 5.88. The average Bonchev–Trinajstić information content (AvgIpc) is 2.35. The standard InChI is InChI=1S/C14H18BrCl2NO2S/c1-9-3-2-4-10(5-9)8-18-21(19,20)14-12(16)6-11(15)7-13(14)17/h6-7,9-10,18H,2-5,8H2,1H3. The molecule has 0 radical (unpaired) electrons. The van der Waals surface area contributed by atoms with Gasteiger partial charge in [0.05, 0.1) is 10.0 Å². The lowest BCUT2D eigenvalue weighted by Gasteiger charge is -2.26. The second-order valence-electron chi connectivity index (χ2n) is 5.69. The van der Waals surface area contributed by atoms with Crippen LogP contribution in [0.25, 0.3) is 0 Å². The molecule has 1 aliphatic carbocycles. The second kappa shape index (κ2) is 7.18. The zero-order valence-corrected chi connectivity index (χ0v) is 15.6. The Bertz CT molecular complexity index is 598. The molecule has 0 amide bonds. The molecule has 2 rings (SSSR count). The maximum absolute atomic E-state index is 12.4. The van der Waals surface area contributed by atoms with Crippen molar-refractivity contribution in [1.82, 2.24) is 4.72 Å². The van der Waals surface area contributed by atoms with Crippen molar-refractivity contribution in [2.24, 2.45) is 11.8 Å². The van der Waals surface area contributed by atoms with Crippen LogP contribution in [0.15, 0.2) is 21.5 Å². The van der Waals surface area contributed by atoms with Crippen molar-refractivity contribution in [3.05, 3.63) is 26.7 Å². The molecular formula is C14H18BrCl2NO2S. The first-order valence-electron chi connectivity index (χ1n) is 6.94. The van der Waals surface area contributed by atoms with E-state index < -0.39 is 10.0 Å². The Labute approximate surface area is 144 Å². The lowest BCUT2D eigenvalue weighted by atomic mass is 9.83. The molecule has 1 aromatic rings. The van der Waals surface area contributed by atoms with Gasteiger partial charge in [-0.3, -0.25) is 0 Å². The van der Waals surface area contributed by atoms with Gasteiger partial charge in [0.25, 0.3) is 0 Å². The highest BCUT2D eigenvalue weighted by Gasteiger charge is 2.25. The van der Waals surface area contributed by atoms with E-state index in [1.165, 1.54) is 18.6 Å². The van der Waals surface area contributed by atoms with Crippen molar-refractivity contribution >= 4 is 49.2 Å². The molecule has 0 aliphatic heterocycles. The Kier molecular flexibility index (Phi) is 5.99. The van der Waals surface area contributed by atoms with Crippen molar-refractivity contribution in [2.45, 2.75) is 37.5 Å². The lowest BCUT2D eigenvalue weighted by Crippen LogP contribution is -2.31. The molecule has 0 bridgehead atoms. The molecule has 1 aliphatic rings. The molecule has 7 heteroatoms. The number of sulfonamides is 1. The predicted octanol–water partition coefficient (Wildman–Crippen LogP) is 4.86. The summed E-state index contributed by atoms with van der Waals surface area (Å²) < 4.78 is 28.1. The van der Waals surface area contributed by atoms with Gasteiger partial charge in [-0.1, -0.05) is 58.9 Å². The van der Waals surface area contributed by atoms with E-state index in [1.807, 2.05) is 0 Å². The molecule has 1 aromatic carbocycles. The van der Waals surface area contributed by atoms with Gasteiger partial charge in [-0.25, -0.2) is 13.1 Å². The highest BCUT2D eigenvalue weighted by Crippen LogP contribution is 2.33. The maximum Gasteiger partial charge on any atom is 0.243 e. The third-order valence-electron chi connectivity index (χ3n) is 3.84. The molecular weight excluding hydrogens is 397 g/mol. The summed E-state index contributed by atoms with van der Waals surface area (Å²) in [6.45, 7) is 2.65. The number of hydrogen-bond acceptors (Lipinski definition) is 2. The van der Waals surface area contributed by atoms with Crippen molar-refractivity contribution < 1.29 is 8.42 Å². The zero-order valence-electron chi connectivity index (χ0n) is 11.7. The van der Waals surface area contributed by atoms with Gasteiger partial charge >= 0.3 is 0 Å². The molecule has 3 nitrogen and oxygen atoms in total. The van der Waals surface area contributed by atoms with E-state index >= 15 is 0 Å². The average molecular weight is 415 g/mol. The minimum atomic E-state index is -3.69. The van der Waals surface area contributed by atoms with E-state index in [1.54, 1.807) is 0 Å². The maximum atomic E-state index is 12.4. The zero-order chi connectivity index (χ0) is 15.6. The molecule has 2 atom stereocenters. The van der Waals surface area contributed by atoms with Crippen LogP contribution in [0.5, 0.6) is 0 Å². The Hall–Kier alpha value is 0.190. The van der Waals surface area contributed by atoms with Crippen LogP contribution in [0, 0.1) is 11.8 Å². The quantitative estimate of drug-likeness (QED) is 0.764. The molecule has 0 aromatic heterocycles. The van der Waals surface area contributed by atoms with Crippen LogP contribution in [0.2, 0.25) is 10.0 Å². The van der Waals surface area contributed by atoms with Crippen LogP contribution in [0.1, 0.15) is 32.6 Å². The van der Waals surface area contributed by atoms with Crippen molar-refractivity contribution in [3.63, 3.8) is 0 Å². The van der Waals surface area contributed by atoms with Crippen molar-refractivity contribution in [2.75, 3.05) is 6.54 Å². The Morgan fingerprint density at radius 1 is 1.29 bits per heavy atom. The summed E-state index contributed by atoms with van der Waals surface area (Å²) in [5.74, 6) is 1.05. The van der Waals surface area contributed by atoms with Gasteiger partial charge in [0.1, 0.15) is 4.90 Å². The van der Waals surface area contributed by atoms with E-state index in [0.717, 1.165) is 19.3 Å². The summed E-state index contributed by atoms with van der Waals surface area (Å²) in [5, 5.41) is 0.248. The number of benzene rings is 1. The number of nitrogens with one attached hydrogen (secondary N) is 1.